The molecule has 0 saturated heterocycles. The standard InChI is InChI=1S/C12H16N4/c1-8(10-6-4-3-5-7-10)11-12(13)16(14)9(2)15-11/h3-8H,13-14H2,1-2H3. The van der Waals surface area contributed by atoms with Crippen molar-refractivity contribution in [1.82, 2.24) is 9.66 Å². The normalized spacial score (nSPS) is 12.6. The van der Waals surface area contributed by atoms with Crippen molar-refractivity contribution < 1.29 is 0 Å². The minimum atomic E-state index is 0.157. The van der Waals surface area contributed by atoms with E-state index in [1.165, 1.54) is 10.2 Å². The molecule has 0 radical (unpaired) electrons. The molecule has 0 saturated carbocycles. The smallest absolute Gasteiger partial charge is 0.146 e. The predicted molar refractivity (Wildman–Crippen MR) is 65.5 cm³/mol. The molecule has 0 aliphatic heterocycles. The van der Waals surface area contributed by atoms with Crippen LogP contribution in [0.3, 0.4) is 0 Å². The number of hydrogen-bond acceptors (Lipinski definition) is 3. The van der Waals surface area contributed by atoms with Gasteiger partial charge in [0.05, 0.1) is 5.69 Å². The van der Waals surface area contributed by atoms with E-state index >= 15 is 0 Å². The van der Waals surface area contributed by atoms with E-state index in [1.807, 2.05) is 25.1 Å². The lowest BCUT2D eigenvalue weighted by molar-refractivity contribution is 0.880. The van der Waals surface area contributed by atoms with Gasteiger partial charge < -0.3 is 11.6 Å². The molecular formula is C12H16N4. The lowest BCUT2D eigenvalue weighted by Gasteiger charge is -2.10. The van der Waals surface area contributed by atoms with E-state index in [0.717, 1.165) is 11.5 Å². The number of imidazole rings is 1. The summed E-state index contributed by atoms with van der Waals surface area (Å²) in [4.78, 5) is 4.40. The van der Waals surface area contributed by atoms with E-state index in [-0.39, 0.29) is 5.92 Å². The largest absolute Gasteiger partial charge is 0.382 e. The molecule has 0 fully saturated rings. The summed E-state index contributed by atoms with van der Waals surface area (Å²) in [6.07, 6.45) is 0. The third-order valence-electron chi connectivity index (χ3n) is 2.86. The summed E-state index contributed by atoms with van der Waals surface area (Å²) in [6, 6.07) is 10.1. The van der Waals surface area contributed by atoms with E-state index in [2.05, 4.69) is 24.0 Å². The van der Waals surface area contributed by atoms with Gasteiger partial charge in [-0.1, -0.05) is 37.3 Å². The van der Waals surface area contributed by atoms with Crippen LogP contribution in [-0.4, -0.2) is 9.66 Å². The topological polar surface area (TPSA) is 69.9 Å². The Labute approximate surface area is 94.9 Å². The van der Waals surface area contributed by atoms with Crippen LogP contribution < -0.4 is 11.6 Å². The second kappa shape index (κ2) is 3.89. The first-order chi connectivity index (χ1) is 7.61. The third-order valence-corrected chi connectivity index (χ3v) is 2.86. The molecular weight excluding hydrogens is 200 g/mol. The number of nitrogens with two attached hydrogens (primary N) is 2. The lowest BCUT2D eigenvalue weighted by atomic mass is 9.98. The van der Waals surface area contributed by atoms with Crippen LogP contribution in [0.1, 0.15) is 29.9 Å². The maximum absolute atomic E-state index is 5.92. The molecule has 0 aliphatic carbocycles. The average Bonchev–Trinajstić information content (AvgIpc) is 2.57. The van der Waals surface area contributed by atoms with Crippen molar-refractivity contribution in [2.75, 3.05) is 11.6 Å². The van der Waals surface area contributed by atoms with Gasteiger partial charge in [0.15, 0.2) is 0 Å². The first kappa shape index (κ1) is 10.5. The van der Waals surface area contributed by atoms with Crippen LogP contribution in [-0.2, 0) is 0 Å². The number of anilines is 1. The van der Waals surface area contributed by atoms with Gasteiger partial charge in [0.25, 0.3) is 0 Å². The molecule has 4 N–H and O–H groups in total. The van der Waals surface area contributed by atoms with Gasteiger partial charge in [0, 0.05) is 5.92 Å². The molecule has 16 heavy (non-hydrogen) atoms. The zero-order valence-electron chi connectivity index (χ0n) is 9.51. The first-order valence-electron chi connectivity index (χ1n) is 5.26. The van der Waals surface area contributed by atoms with Crippen LogP contribution in [0.2, 0.25) is 0 Å². The second-order valence-electron chi connectivity index (χ2n) is 3.93. The number of aromatic nitrogens is 2. The molecule has 1 unspecified atom stereocenters. The zero-order chi connectivity index (χ0) is 11.7. The number of hydrogen-bond donors (Lipinski definition) is 2. The molecule has 0 aliphatic rings. The minimum absolute atomic E-state index is 0.157. The second-order valence-corrected chi connectivity index (χ2v) is 3.93. The Hall–Kier alpha value is -1.97. The van der Waals surface area contributed by atoms with Crippen molar-refractivity contribution >= 4 is 5.82 Å². The molecule has 1 aromatic carbocycles. The Bertz CT molecular complexity index is 487. The molecule has 1 atom stereocenters. The minimum Gasteiger partial charge on any atom is -0.382 e. The van der Waals surface area contributed by atoms with Crippen molar-refractivity contribution in [3.63, 3.8) is 0 Å². The summed E-state index contributed by atoms with van der Waals surface area (Å²) < 4.78 is 1.43. The van der Waals surface area contributed by atoms with Crippen molar-refractivity contribution in [3.8, 4) is 0 Å². The van der Waals surface area contributed by atoms with Gasteiger partial charge in [-0.3, -0.25) is 0 Å². The fourth-order valence-electron chi connectivity index (χ4n) is 1.80. The van der Waals surface area contributed by atoms with Crippen molar-refractivity contribution in [2.24, 2.45) is 0 Å². The van der Waals surface area contributed by atoms with Gasteiger partial charge in [0.2, 0.25) is 0 Å². The monoisotopic (exact) mass is 216 g/mol. The maximum atomic E-state index is 5.92. The molecule has 2 rings (SSSR count). The number of aryl methyl sites for hydroxylation is 1. The van der Waals surface area contributed by atoms with E-state index in [0.29, 0.717) is 5.82 Å². The van der Waals surface area contributed by atoms with Crippen LogP contribution >= 0.6 is 0 Å². The molecule has 0 amide bonds. The molecule has 4 heteroatoms. The van der Waals surface area contributed by atoms with E-state index < -0.39 is 0 Å². The summed E-state index contributed by atoms with van der Waals surface area (Å²) in [6.45, 7) is 3.92. The predicted octanol–water partition coefficient (Wildman–Crippen LogP) is 1.64. The highest BCUT2D eigenvalue weighted by Gasteiger charge is 2.17. The van der Waals surface area contributed by atoms with Gasteiger partial charge in [0.1, 0.15) is 11.6 Å². The molecule has 1 heterocycles. The van der Waals surface area contributed by atoms with Crippen molar-refractivity contribution in [1.29, 1.82) is 0 Å². The number of nitrogen functional groups attached to an aromatic ring is 2. The average molecular weight is 216 g/mol. The Morgan fingerprint density at radius 2 is 1.88 bits per heavy atom. The summed E-state index contributed by atoms with van der Waals surface area (Å²) >= 11 is 0. The van der Waals surface area contributed by atoms with Crippen LogP contribution in [0.25, 0.3) is 0 Å². The van der Waals surface area contributed by atoms with Gasteiger partial charge in [-0.25, -0.2) is 9.66 Å². The van der Waals surface area contributed by atoms with Gasteiger partial charge in [-0.2, -0.15) is 0 Å². The Balaban J connectivity index is 2.42. The van der Waals surface area contributed by atoms with E-state index in [4.69, 9.17) is 11.6 Å². The van der Waals surface area contributed by atoms with Crippen molar-refractivity contribution in [2.45, 2.75) is 19.8 Å². The molecule has 2 aromatic rings. The summed E-state index contributed by atoms with van der Waals surface area (Å²) in [7, 11) is 0. The SMILES string of the molecule is Cc1nc(C(C)c2ccccc2)c(N)n1N. The van der Waals surface area contributed by atoms with E-state index in [9.17, 15) is 0 Å². The number of nitrogens with zero attached hydrogens (tertiary/aromatic N) is 2. The Morgan fingerprint density at radius 1 is 1.25 bits per heavy atom. The van der Waals surface area contributed by atoms with Crippen molar-refractivity contribution in [3.05, 3.63) is 47.4 Å². The fourth-order valence-corrected chi connectivity index (χ4v) is 1.80. The first-order valence-corrected chi connectivity index (χ1v) is 5.26. The van der Waals surface area contributed by atoms with Gasteiger partial charge >= 0.3 is 0 Å². The summed E-state index contributed by atoms with van der Waals surface area (Å²) in [5.74, 6) is 7.17. The number of benzene rings is 1. The summed E-state index contributed by atoms with van der Waals surface area (Å²) in [5, 5.41) is 0. The molecule has 0 spiro atoms. The Morgan fingerprint density at radius 3 is 2.38 bits per heavy atom. The molecule has 1 aromatic heterocycles. The highest BCUT2D eigenvalue weighted by atomic mass is 15.4. The Kier molecular flexibility index (Phi) is 2.56. The van der Waals surface area contributed by atoms with Gasteiger partial charge in [-0.05, 0) is 12.5 Å². The fraction of sp³-hybridized carbons (Fsp3) is 0.250. The molecule has 4 nitrogen and oxygen atoms in total. The van der Waals surface area contributed by atoms with E-state index in [1.54, 1.807) is 0 Å². The highest BCUT2D eigenvalue weighted by molar-refractivity contribution is 5.44. The molecule has 0 bridgehead atoms. The van der Waals surface area contributed by atoms with Crippen LogP contribution in [0.4, 0.5) is 5.82 Å². The molecule has 84 valence electrons. The van der Waals surface area contributed by atoms with Crippen LogP contribution in [0.15, 0.2) is 30.3 Å². The third kappa shape index (κ3) is 1.62. The lowest BCUT2D eigenvalue weighted by Crippen LogP contribution is -2.14. The summed E-state index contributed by atoms with van der Waals surface area (Å²) in [5.41, 5.74) is 7.94. The number of rotatable bonds is 2. The zero-order valence-corrected chi connectivity index (χ0v) is 9.51. The maximum Gasteiger partial charge on any atom is 0.146 e. The van der Waals surface area contributed by atoms with Crippen LogP contribution in [0, 0.1) is 6.92 Å². The van der Waals surface area contributed by atoms with Crippen LogP contribution in [0.5, 0.6) is 0 Å². The van der Waals surface area contributed by atoms with Gasteiger partial charge in [-0.15, -0.1) is 0 Å². The quantitative estimate of drug-likeness (QED) is 0.750. The highest BCUT2D eigenvalue weighted by Crippen LogP contribution is 2.27.